The maximum absolute atomic E-state index is 11.2. The maximum Gasteiger partial charge on any atom is 0.276 e. The summed E-state index contributed by atoms with van der Waals surface area (Å²) in [6, 6.07) is 7.40. The lowest BCUT2D eigenvalue weighted by Crippen LogP contribution is -2.16. The number of rotatable bonds is 3. The molecule has 2 rings (SSSR count). The maximum atomic E-state index is 11.2. The Bertz CT molecular complexity index is 582. The van der Waals surface area contributed by atoms with Crippen LogP contribution in [0, 0.1) is 0 Å². The quantitative estimate of drug-likeness (QED) is 0.773. The van der Waals surface area contributed by atoms with E-state index in [1.807, 2.05) is 18.2 Å². The Balaban J connectivity index is 2.13. The number of nitrogens with two attached hydrogens (primary N) is 1. The topological polar surface area (TPSA) is 83.8 Å². The Morgan fingerprint density at radius 1 is 1.47 bits per heavy atom. The molecule has 0 aliphatic heterocycles. The fourth-order valence-corrected chi connectivity index (χ4v) is 1.60. The van der Waals surface area contributed by atoms with Gasteiger partial charge in [-0.15, -0.1) is 0 Å². The minimum atomic E-state index is -0.353. The zero-order chi connectivity index (χ0) is 12.3. The van der Waals surface area contributed by atoms with Crippen molar-refractivity contribution in [2.75, 3.05) is 11.1 Å². The molecule has 0 atom stereocenters. The molecule has 5 nitrogen and oxygen atoms in total. The third kappa shape index (κ3) is 2.76. The van der Waals surface area contributed by atoms with Gasteiger partial charge in [0.2, 0.25) is 0 Å². The van der Waals surface area contributed by atoms with Gasteiger partial charge in [-0.2, -0.15) is 0 Å². The van der Waals surface area contributed by atoms with Crippen molar-refractivity contribution in [1.82, 2.24) is 9.97 Å². The lowest BCUT2D eigenvalue weighted by atomic mass is 10.2. The summed E-state index contributed by atoms with van der Waals surface area (Å²) in [7, 11) is 0. The number of nitrogens with zero attached hydrogens (tertiary/aromatic N) is 1. The van der Waals surface area contributed by atoms with Gasteiger partial charge >= 0.3 is 0 Å². The molecule has 4 N–H and O–H groups in total. The van der Waals surface area contributed by atoms with Crippen LogP contribution in [0.5, 0.6) is 0 Å². The van der Waals surface area contributed by atoms with Crippen LogP contribution in [0.15, 0.2) is 35.4 Å². The van der Waals surface area contributed by atoms with E-state index in [9.17, 15) is 4.79 Å². The minimum Gasteiger partial charge on any atom is -0.391 e. The first-order valence-electron chi connectivity index (χ1n) is 4.98. The molecule has 0 spiro atoms. The fourth-order valence-electron chi connectivity index (χ4n) is 1.38. The SMILES string of the molecule is Nc1c(NCc2cccc(Cl)c2)nc[nH]c1=O. The van der Waals surface area contributed by atoms with Crippen LogP contribution < -0.4 is 16.6 Å². The van der Waals surface area contributed by atoms with Crippen molar-refractivity contribution in [3.63, 3.8) is 0 Å². The molecule has 0 aliphatic rings. The van der Waals surface area contributed by atoms with Gasteiger partial charge in [-0.1, -0.05) is 23.7 Å². The van der Waals surface area contributed by atoms with Crippen molar-refractivity contribution < 1.29 is 0 Å². The van der Waals surface area contributed by atoms with Crippen LogP contribution in [0.25, 0.3) is 0 Å². The fraction of sp³-hybridized carbons (Fsp3) is 0.0909. The van der Waals surface area contributed by atoms with E-state index in [1.54, 1.807) is 6.07 Å². The lowest BCUT2D eigenvalue weighted by Gasteiger charge is -2.07. The molecule has 0 aliphatic carbocycles. The molecular formula is C11H11ClN4O. The zero-order valence-electron chi connectivity index (χ0n) is 8.90. The first-order chi connectivity index (χ1) is 8.16. The van der Waals surface area contributed by atoms with E-state index in [0.29, 0.717) is 17.4 Å². The minimum absolute atomic E-state index is 0.0783. The Labute approximate surface area is 103 Å². The van der Waals surface area contributed by atoms with E-state index in [4.69, 9.17) is 17.3 Å². The number of halogens is 1. The first kappa shape index (κ1) is 11.5. The summed E-state index contributed by atoms with van der Waals surface area (Å²) in [5, 5.41) is 3.65. The third-order valence-electron chi connectivity index (χ3n) is 2.24. The van der Waals surface area contributed by atoms with Crippen molar-refractivity contribution in [3.05, 3.63) is 51.5 Å². The normalized spacial score (nSPS) is 10.2. The molecule has 0 bridgehead atoms. The van der Waals surface area contributed by atoms with Crippen LogP contribution in [0.2, 0.25) is 5.02 Å². The molecule has 17 heavy (non-hydrogen) atoms. The van der Waals surface area contributed by atoms with Crippen LogP contribution in [-0.2, 0) is 6.54 Å². The van der Waals surface area contributed by atoms with Gasteiger partial charge in [0.05, 0.1) is 6.33 Å². The van der Waals surface area contributed by atoms with Crippen molar-refractivity contribution in [3.8, 4) is 0 Å². The molecular weight excluding hydrogens is 240 g/mol. The van der Waals surface area contributed by atoms with Crippen LogP contribution in [0.1, 0.15) is 5.56 Å². The van der Waals surface area contributed by atoms with Gasteiger partial charge in [-0.3, -0.25) is 4.79 Å². The van der Waals surface area contributed by atoms with Gasteiger partial charge in [-0.05, 0) is 17.7 Å². The number of hydrogen-bond acceptors (Lipinski definition) is 4. The highest BCUT2D eigenvalue weighted by molar-refractivity contribution is 6.30. The highest BCUT2D eigenvalue weighted by atomic mass is 35.5. The molecule has 0 amide bonds. The van der Waals surface area contributed by atoms with E-state index < -0.39 is 0 Å². The highest BCUT2D eigenvalue weighted by Crippen LogP contribution is 2.13. The second kappa shape index (κ2) is 4.88. The number of hydrogen-bond donors (Lipinski definition) is 3. The third-order valence-corrected chi connectivity index (χ3v) is 2.47. The Morgan fingerprint density at radius 3 is 3.06 bits per heavy atom. The molecule has 1 heterocycles. The Kier molecular flexibility index (Phi) is 3.30. The van der Waals surface area contributed by atoms with Gasteiger partial charge in [-0.25, -0.2) is 4.98 Å². The van der Waals surface area contributed by atoms with E-state index in [2.05, 4.69) is 15.3 Å². The van der Waals surface area contributed by atoms with Crippen molar-refractivity contribution in [2.45, 2.75) is 6.54 Å². The number of nitrogens with one attached hydrogen (secondary N) is 2. The summed E-state index contributed by atoms with van der Waals surface area (Å²) in [4.78, 5) is 17.6. The molecule has 0 unspecified atom stereocenters. The van der Waals surface area contributed by atoms with E-state index in [1.165, 1.54) is 6.33 Å². The van der Waals surface area contributed by atoms with Gasteiger partial charge < -0.3 is 16.0 Å². The average Bonchev–Trinajstić information content (AvgIpc) is 2.31. The highest BCUT2D eigenvalue weighted by Gasteiger charge is 2.03. The molecule has 0 saturated heterocycles. The van der Waals surface area contributed by atoms with Crippen LogP contribution in [-0.4, -0.2) is 9.97 Å². The lowest BCUT2D eigenvalue weighted by molar-refractivity contribution is 1.07. The number of nitrogen functional groups attached to an aromatic ring is 1. The summed E-state index contributed by atoms with van der Waals surface area (Å²) in [5.41, 5.74) is 6.29. The molecule has 88 valence electrons. The van der Waals surface area contributed by atoms with Crippen LogP contribution in [0.3, 0.4) is 0 Å². The van der Waals surface area contributed by atoms with Crippen molar-refractivity contribution in [1.29, 1.82) is 0 Å². The summed E-state index contributed by atoms with van der Waals surface area (Å²) in [6.07, 6.45) is 1.30. The number of anilines is 2. The molecule has 0 saturated carbocycles. The first-order valence-corrected chi connectivity index (χ1v) is 5.36. The van der Waals surface area contributed by atoms with E-state index in [-0.39, 0.29) is 11.2 Å². The largest absolute Gasteiger partial charge is 0.391 e. The number of benzene rings is 1. The van der Waals surface area contributed by atoms with Crippen LogP contribution in [0.4, 0.5) is 11.5 Å². The van der Waals surface area contributed by atoms with Gasteiger partial charge in [0.1, 0.15) is 5.69 Å². The molecule has 1 aromatic carbocycles. The predicted octanol–water partition coefficient (Wildman–Crippen LogP) is 1.62. The number of H-pyrrole nitrogens is 1. The average molecular weight is 251 g/mol. The van der Waals surface area contributed by atoms with Crippen molar-refractivity contribution >= 4 is 23.1 Å². The van der Waals surface area contributed by atoms with Gasteiger partial charge in [0.25, 0.3) is 5.56 Å². The van der Waals surface area contributed by atoms with Crippen molar-refractivity contribution in [2.24, 2.45) is 0 Å². The standard InChI is InChI=1S/C11H11ClN4O/c12-8-3-1-2-7(4-8)5-14-10-9(13)11(17)16-6-15-10/h1-4,6H,5,13H2,(H2,14,15,16,17). The summed E-state index contributed by atoms with van der Waals surface area (Å²) in [6.45, 7) is 0.501. The number of aromatic nitrogens is 2. The molecule has 0 radical (unpaired) electrons. The monoisotopic (exact) mass is 250 g/mol. The second-order valence-corrected chi connectivity index (χ2v) is 3.91. The summed E-state index contributed by atoms with van der Waals surface area (Å²) in [5.74, 6) is 0.369. The molecule has 2 aromatic rings. The van der Waals surface area contributed by atoms with Gasteiger partial charge in [0, 0.05) is 11.6 Å². The molecule has 0 fully saturated rings. The summed E-state index contributed by atoms with van der Waals surface area (Å²) >= 11 is 5.86. The van der Waals surface area contributed by atoms with E-state index >= 15 is 0 Å². The Morgan fingerprint density at radius 2 is 2.29 bits per heavy atom. The predicted molar refractivity (Wildman–Crippen MR) is 68.0 cm³/mol. The zero-order valence-corrected chi connectivity index (χ0v) is 9.66. The molecule has 6 heteroatoms. The summed E-state index contributed by atoms with van der Waals surface area (Å²) < 4.78 is 0. The van der Waals surface area contributed by atoms with E-state index in [0.717, 1.165) is 5.56 Å². The Hall–Kier alpha value is -2.01. The smallest absolute Gasteiger partial charge is 0.276 e. The van der Waals surface area contributed by atoms with Gasteiger partial charge in [0.15, 0.2) is 5.82 Å². The second-order valence-electron chi connectivity index (χ2n) is 3.48. The van der Waals surface area contributed by atoms with Crippen LogP contribution >= 0.6 is 11.6 Å². The number of aromatic amines is 1. The molecule has 1 aromatic heterocycles.